The molecule has 1 aromatic carbocycles. The highest BCUT2D eigenvalue weighted by molar-refractivity contribution is 6.00. The molecule has 0 saturated carbocycles. The summed E-state index contributed by atoms with van der Waals surface area (Å²) in [5.41, 5.74) is 3.14. The van der Waals surface area contributed by atoms with Gasteiger partial charge in [-0.3, -0.25) is 9.98 Å². The maximum Gasteiger partial charge on any atom is 0.143 e. The normalized spacial score (nSPS) is 19.4. The van der Waals surface area contributed by atoms with Crippen molar-refractivity contribution in [3.8, 4) is 5.75 Å². The van der Waals surface area contributed by atoms with Crippen molar-refractivity contribution in [3.05, 3.63) is 23.8 Å². The van der Waals surface area contributed by atoms with E-state index in [1.165, 1.54) is 0 Å². The van der Waals surface area contributed by atoms with Crippen LogP contribution in [0.3, 0.4) is 0 Å². The summed E-state index contributed by atoms with van der Waals surface area (Å²) in [6.07, 6.45) is 1.88. The molecule has 2 rings (SSSR count). The lowest BCUT2D eigenvalue weighted by Gasteiger charge is -2.19. The molecular weight excluding hydrogens is 226 g/mol. The number of hydrogen-bond donors (Lipinski definition) is 0. The zero-order chi connectivity index (χ0) is 13.1. The minimum atomic E-state index is 0.341. The summed E-state index contributed by atoms with van der Waals surface area (Å²) in [6, 6.07) is 6.49. The zero-order valence-corrected chi connectivity index (χ0v) is 11.3. The van der Waals surface area contributed by atoms with Gasteiger partial charge in [0.2, 0.25) is 0 Å². The molecule has 96 valence electrons. The smallest absolute Gasteiger partial charge is 0.143 e. The summed E-state index contributed by atoms with van der Waals surface area (Å²) in [6.45, 7) is 5.00. The van der Waals surface area contributed by atoms with Gasteiger partial charge >= 0.3 is 0 Å². The first kappa shape index (κ1) is 12.6. The van der Waals surface area contributed by atoms with Crippen molar-refractivity contribution in [1.82, 2.24) is 0 Å². The molecule has 0 N–H and O–H groups in total. The Bertz CT molecular complexity index is 494. The lowest BCUT2D eigenvalue weighted by atomic mass is 10.1. The minimum Gasteiger partial charge on any atom is -0.495 e. The van der Waals surface area contributed by atoms with Crippen LogP contribution in [0.2, 0.25) is 0 Å². The Kier molecular flexibility index (Phi) is 3.65. The third-order valence-electron chi connectivity index (χ3n) is 3.16. The summed E-state index contributed by atoms with van der Waals surface area (Å²) < 4.78 is 5.47. The molecule has 4 heteroatoms. The zero-order valence-electron chi connectivity index (χ0n) is 11.3. The van der Waals surface area contributed by atoms with E-state index in [9.17, 15) is 0 Å². The lowest BCUT2D eigenvalue weighted by Crippen LogP contribution is -2.22. The van der Waals surface area contributed by atoms with Crippen LogP contribution in [0.15, 0.2) is 28.2 Å². The Morgan fingerprint density at radius 3 is 2.83 bits per heavy atom. The van der Waals surface area contributed by atoms with Crippen LogP contribution in [0, 0.1) is 0 Å². The van der Waals surface area contributed by atoms with Crippen molar-refractivity contribution >= 4 is 17.7 Å². The molecule has 0 fully saturated rings. The fraction of sp³-hybridized carbons (Fsp3) is 0.429. The van der Waals surface area contributed by atoms with Crippen LogP contribution in [-0.4, -0.2) is 38.8 Å². The second kappa shape index (κ2) is 5.21. The van der Waals surface area contributed by atoms with Gasteiger partial charge in [-0.1, -0.05) is 6.07 Å². The molecule has 0 bridgehead atoms. The van der Waals surface area contributed by atoms with Gasteiger partial charge in [0, 0.05) is 19.3 Å². The standard InChI is InChI=1S/C14H19N3O/c1-10-8-17(9-16-10)13-6-5-12(11(2)15-3)7-14(13)18-4/h5-7,9-10H,8H2,1-4H3. The molecule has 1 atom stereocenters. The van der Waals surface area contributed by atoms with Gasteiger partial charge < -0.3 is 9.64 Å². The number of rotatable bonds is 3. The average Bonchev–Trinajstić information content (AvgIpc) is 2.83. The van der Waals surface area contributed by atoms with Crippen LogP contribution in [0.1, 0.15) is 19.4 Å². The van der Waals surface area contributed by atoms with E-state index in [0.717, 1.165) is 29.3 Å². The monoisotopic (exact) mass is 245 g/mol. The molecule has 0 saturated heterocycles. The maximum absolute atomic E-state index is 5.47. The molecule has 1 unspecified atom stereocenters. The Morgan fingerprint density at radius 2 is 2.28 bits per heavy atom. The highest BCUT2D eigenvalue weighted by Crippen LogP contribution is 2.30. The number of anilines is 1. The highest BCUT2D eigenvalue weighted by atomic mass is 16.5. The van der Waals surface area contributed by atoms with Crippen molar-refractivity contribution in [2.24, 2.45) is 9.98 Å². The number of nitrogens with zero attached hydrogens (tertiary/aromatic N) is 3. The first-order valence-electron chi connectivity index (χ1n) is 6.07. The van der Waals surface area contributed by atoms with Gasteiger partial charge in [0.15, 0.2) is 0 Å². The molecule has 18 heavy (non-hydrogen) atoms. The van der Waals surface area contributed by atoms with E-state index >= 15 is 0 Å². The second-order valence-corrected chi connectivity index (χ2v) is 4.46. The SMILES string of the molecule is CN=C(C)c1ccc(N2C=NC(C)C2)c(OC)c1. The maximum atomic E-state index is 5.47. The number of ether oxygens (including phenoxy) is 1. The van der Waals surface area contributed by atoms with Crippen LogP contribution < -0.4 is 9.64 Å². The average molecular weight is 245 g/mol. The quantitative estimate of drug-likeness (QED) is 0.767. The number of methoxy groups -OCH3 is 1. The summed E-state index contributed by atoms with van der Waals surface area (Å²) in [5.74, 6) is 0.857. The largest absolute Gasteiger partial charge is 0.495 e. The molecule has 1 aliphatic heterocycles. The van der Waals surface area contributed by atoms with E-state index in [0.29, 0.717) is 6.04 Å². The number of aliphatic imine (C=N–C) groups is 2. The van der Waals surface area contributed by atoms with Crippen molar-refractivity contribution in [2.45, 2.75) is 19.9 Å². The van der Waals surface area contributed by atoms with Crippen LogP contribution in [0.25, 0.3) is 0 Å². The Hall–Kier alpha value is -1.84. The summed E-state index contributed by atoms with van der Waals surface area (Å²) in [5, 5.41) is 0. The molecule has 1 aromatic rings. The molecule has 1 aliphatic rings. The Morgan fingerprint density at radius 1 is 1.50 bits per heavy atom. The molecule has 0 aromatic heterocycles. The molecule has 4 nitrogen and oxygen atoms in total. The van der Waals surface area contributed by atoms with E-state index in [1.54, 1.807) is 14.2 Å². The lowest BCUT2D eigenvalue weighted by molar-refractivity contribution is 0.415. The number of benzene rings is 1. The highest BCUT2D eigenvalue weighted by Gasteiger charge is 2.18. The first-order chi connectivity index (χ1) is 8.65. The Balaban J connectivity index is 2.35. The van der Waals surface area contributed by atoms with Crippen molar-refractivity contribution in [3.63, 3.8) is 0 Å². The van der Waals surface area contributed by atoms with E-state index in [1.807, 2.05) is 19.3 Å². The molecule has 0 spiro atoms. The van der Waals surface area contributed by atoms with E-state index < -0.39 is 0 Å². The minimum absolute atomic E-state index is 0.341. The Labute approximate surface area is 108 Å². The van der Waals surface area contributed by atoms with E-state index in [-0.39, 0.29) is 0 Å². The summed E-state index contributed by atoms with van der Waals surface area (Å²) >= 11 is 0. The van der Waals surface area contributed by atoms with Crippen molar-refractivity contribution in [2.75, 3.05) is 25.6 Å². The molecular formula is C14H19N3O. The fourth-order valence-electron chi connectivity index (χ4n) is 2.00. The first-order valence-corrected chi connectivity index (χ1v) is 6.07. The van der Waals surface area contributed by atoms with E-state index in [4.69, 9.17) is 4.74 Å². The van der Waals surface area contributed by atoms with Gasteiger partial charge in [0.25, 0.3) is 0 Å². The summed E-state index contributed by atoms with van der Waals surface area (Å²) in [4.78, 5) is 10.7. The molecule has 0 amide bonds. The fourth-order valence-corrected chi connectivity index (χ4v) is 2.00. The van der Waals surface area contributed by atoms with E-state index in [2.05, 4.69) is 33.9 Å². The number of hydrogen-bond acceptors (Lipinski definition) is 4. The van der Waals surface area contributed by atoms with Crippen LogP contribution in [0.5, 0.6) is 5.75 Å². The molecule has 1 heterocycles. The topological polar surface area (TPSA) is 37.2 Å². The third-order valence-corrected chi connectivity index (χ3v) is 3.16. The third kappa shape index (κ3) is 2.37. The van der Waals surface area contributed by atoms with Gasteiger partial charge in [-0.15, -0.1) is 0 Å². The van der Waals surface area contributed by atoms with Gasteiger partial charge in [-0.2, -0.15) is 0 Å². The second-order valence-electron chi connectivity index (χ2n) is 4.46. The predicted molar refractivity (Wildman–Crippen MR) is 76.4 cm³/mol. The van der Waals surface area contributed by atoms with Crippen LogP contribution >= 0.6 is 0 Å². The van der Waals surface area contributed by atoms with Gasteiger partial charge in [0.05, 0.1) is 25.2 Å². The molecule has 0 aliphatic carbocycles. The van der Waals surface area contributed by atoms with Gasteiger partial charge in [0.1, 0.15) is 5.75 Å². The van der Waals surface area contributed by atoms with Gasteiger partial charge in [-0.05, 0) is 31.5 Å². The van der Waals surface area contributed by atoms with Crippen LogP contribution in [0.4, 0.5) is 5.69 Å². The van der Waals surface area contributed by atoms with Gasteiger partial charge in [-0.25, -0.2) is 0 Å². The molecule has 0 radical (unpaired) electrons. The van der Waals surface area contributed by atoms with Crippen LogP contribution in [-0.2, 0) is 0 Å². The summed E-state index contributed by atoms with van der Waals surface area (Å²) in [7, 11) is 3.49. The van der Waals surface area contributed by atoms with Crippen molar-refractivity contribution in [1.29, 1.82) is 0 Å². The predicted octanol–water partition coefficient (Wildman–Crippen LogP) is 2.37. The van der Waals surface area contributed by atoms with Crippen molar-refractivity contribution < 1.29 is 4.74 Å².